The van der Waals surface area contributed by atoms with Gasteiger partial charge in [0.25, 0.3) is 0 Å². The molecular formula is C17H34N2O. The fraction of sp³-hybridized carbons (Fsp3) is 0.882. The van der Waals surface area contributed by atoms with Gasteiger partial charge in [0.1, 0.15) is 0 Å². The van der Waals surface area contributed by atoms with Crippen LogP contribution in [0.1, 0.15) is 52.9 Å². The smallest absolute Gasteiger partial charge is 0.0855 e. The van der Waals surface area contributed by atoms with Gasteiger partial charge in [-0.1, -0.05) is 25.8 Å². The lowest BCUT2D eigenvalue weighted by Gasteiger charge is -2.39. The Hall–Kier alpha value is -0.380. The highest BCUT2D eigenvalue weighted by molar-refractivity contribution is 4.84. The van der Waals surface area contributed by atoms with Crippen LogP contribution in [-0.2, 0) is 4.74 Å². The predicted octanol–water partition coefficient (Wildman–Crippen LogP) is 3.21. The van der Waals surface area contributed by atoms with Crippen LogP contribution < -0.4 is 5.32 Å². The van der Waals surface area contributed by atoms with Crippen LogP contribution in [0.25, 0.3) is 0 Å². The zero-order valence-electron chi connectivity index (χ0n) is 13.7. The monoisotopic (exact) mass is 282 g/mol. The number of allylic oxidation sites excluding steroid dienone is 1. The second-order valence-electron chi connectivity index (χ2n) is 6.09. The summed E-state index contributed by atoms with van der Waals surface area (Å²) in [6.45, 7) is 14.6. The van der Waals surface area contributed by atoms with E-state index >= 15 is 0 Å². The molecule has 1 N–H and O–H groups in total. The summed E-state index contributed by atoms with van der Waals surface area (Å²) in [7, 11) is 0. The van der Waals surface area contributed by atoms with Crippen molar-refractivity contribution < 1.29 is 4.74 Å². The van der Waals surface area contributed by atoms with E-state index < -0.39 is 0 Å². The molecule has 0 bridgehead atoms. The first kappa shape index (κ1) is 17.7. The first-order valence-electron chi connectivity index (χ1n) is 8.39. The van der Waals surface area contributed by atoms with Crippen molar-refractivity contribution in [3.05, 3.63) is 12.7 Å². The number of likely N-dealkylation sites (N-methyl/N-ethyl adjacent to an activating group) is 1. The SMILES string of the molecule is C=CCCCCCC(NCC)C1CN(C(C)C)CCO1. The molecule has 0 aromatic carbocycles. The average Bonchev–Trinajstić information content (AvgIpc) is 2.46. The maximum Gasteiger partial charge on any atom is 0.0855 e. The number of hydrogen-bond donors (Lipinski definition) is 1. The topological polar surface area (TPSA) is 24.5 Å². The molecule has 0 aromatic heterocycles. The van der Waals surface area contributed by atoms with Gasteiger partial charge >= 0.3 is 0 Å². The Morgan fingerprint density at radius 3 is 2.80 bits per heavy atom. The summed E-state index contributed by atoms with van der Waals surface area (Å²) in [4.78, 5) is 2.54. The van der Waals surface area contributed by atoms with Crippen molar-refractivity contribution in [2.45, 2.75) is 71.1 Å². The number of rotatable bonds is 10. The summed E-state index contributed by atoms with van der Waals surface area (Å²) in [6.07, 6.45) is 8.60. The van der Waals surface area contributed by atoms with E-state index in [1.807, 2.05) is 6.08 Å². The molecule has 3 nitrogen and oxygen atoms in total. The van der Waals surface area contributed by atoms with Crippen LogP contribution in [0.5, 0.6) is 0 Å². The molecule has 0 saturated carbocycles. The van der Waals surface area contributed by atoms with E-state index in [1.165, 1.54) is 25.7 Å². The van der Waals surface area contributed by atoms with Crippen molar-refractivity contribution >= 4 is 0 Å². The third-order valence-electron chi connectivity index (χ3n) is 4.19. The average molecular weight is 282 g/mol. The van der Waals surface area contributed by atoms with Gasteiger partial charge in [-0.15, -0.1) is 6.58 Å². The van der Waals surface area contributed by atoms with E-state index in [0.29, 0.717) is 18.2 Å². The Labute approximate surface area is 125 Å². The standard InChI is InChI=1S/C17H34N2O/c1-5-7-8-9-10-11-16(18-6-2)17-14-19(15(3)4)12-13-20-17/h5,15-18H,1,6-14H2,2-4H3. The van der Waals surface area contributed by atoms with Crippen molar-refractivity contribution in [1.82, 2.24) is 10.2 Å². The predicted molar refractivity (Wildman–Crippen MR) is 87.2 cm³/mol. The Morgan fingerprint density at radius 2 is 2.15 bits per heavy atom. The van der Waals surface area contributed by atoms with E-state index in [-0.39, 0.29) is 0 Å². The molecule has 0 aromatic rings. The quantitative estimate of drug-likeness (QED) is 0.492. The normalized spacial score (nSPS) is 22.1. The molecule has 3 heteroatoms. The van der Waals surface area contributed by atoms with E-state index in [9.17, 15) is 0 Å². The number of nitrogens with one attached hydrogen (secondary N) is 1. The van der Waals surface area contributed by atoms with Gasteiger partial charge in [0, 0.05) is 25.2 Å². The largest absolute Gasteiger partial charge is 0.374 e. The van der Waals surface area contributed by atoms with Crippen LogP contribution in [0.4, 0.5) is 0 Å². The van der Waals surface area contributed by atoms with Crippen LogP contribution in [0.3, 0.4) is 0 Å². The van der Waals surface area contributed by atoms with Crippen LogP contribution in [0.2, 0.25) is 0 Å². The minimum Gasteiger partial charge on any atom is -0.374 e. The zero-order valence-corrected chi connectivity index (χ0v) is 13.7. The Morgan fingerprint density at radius 1 is 1.35 bits per heavy atom. The molecule has 118 valence electrons. The molecule has 1 rings (SSSR count). The molecular weight excluding hydrogens is 248 g/mol. The van der Waals surface area contributed by atoms with Crippen molar-refractivity contribution in [2.24, 2.45) is 0 Å². The molecule has 0 spiro atoms. The van der Waals surface area contributed by atoms with Crippen LogP contribution >= 0.6 is 0 Å². The summed E-state index contributed by atoms with van der Waals surface area (Å²) in [6, 6.07) is 1.13. The molecule has 1 aliphatic rings. The van der Waals surface area contributed by atoms with Gasteiger partial charge in [-0.3, -0.25) is 4.90 Å². The van der Waals surface area contributed by atoms with E-state index in [4.69, 9.17) is 4.74 Å². The molecule has 20 heavy (non-hydrogen) atoms. The highest BCUT2D eigenvalue weighted by atomic mass is 16.5. The zero-order chi connectivity index (χ0) is 14.8. The molecule has 1 aliphatic heterocycles. The van der Waals surface area contributed by atoms with E-state index in [2.05, 4.69) is 37.6 Å². The second kappa shape index (κ2) is 10.4. The van der Waals surface area contributed by atoms with Gasteiger partial charge in [-0.2, -0.15) is 0 Å². The maximum absolute atomic E-state index is 6.03. The highest BCUT2D eigenvalue weighted by Crippen LogP contribution is 2.16. The summed E-state index contributed by atoms with van der Waals surface area (Å²) in [5.41, 5.74) is 0. The number of unbranched alkanes of at least 4 members (excludes halogenated alkanes) is 3. The minimum absolute atomic E-state index is 0.352. The summed E-state index contributed by atoms with van der Waals surface area (Å²) >= 11 is 0. The highest BCUT2D eigenvalue weighted by Gasteiger charge is 2.28. The van der Waals surface area contributed by atoms with Crippen LogP contribution in [-0.4, -0.2) is 49.3 Å². The number of ether oxygens (including phenoxy) is 1. The first-order valence-corrected chi connectivity index (χ1v) is 8.39. The first-order chi connectivity index (χ1) is 9.69. The van der Waals surface area contributed by atoms with Crippen molar-refractivity contribution in [3.8, 4) is 0 Å². The molecule has 2 unspecified atom stereocenters. The molecule has 1 heterocycles. The van der Waals surface area contributed by atoms with Gasteiger partial charge in [0.2, 0.25) is 0 Å². The van der Waals surface area contributed by atoms with E-state index in [0.717, 1.165) is 32.7 Å². The third kappa shape index (κ3) is 6.38. The maximum atomic E-state index is 6.03. The van der Waals surface area contributed by atoms with Crippen LogP contribution in [0.15, 0.2) is 12.7 Å². The molecule has 1 saturated heterocycles. The van der Waals surface area contributed by atoms with Crippen molar-refractivity contribution in [3.63, 3.8) is 0 Å². The molecule has 0 radical (unpaired) electrons. The molecule has 0 amide bonds. The Bertz CT molecular complexity index is 255. The molecule has 2 atom stereocenters. The van der Waals surface area contributed by atoms with Crippen molar-refractivity contribution in [1.29, 1.82) is 0 Å². The van der Waals surface area contributed by atoms with Gasteiger partial charge < -0.3 is 10.1 Å². The van der Waals surface area contributed by atoms with Gasteiger partial charge in [-0.25, -0.2) is 0 Å². The Kier molecular flexibility index (Phi) is 9.16. The molecule has 1 fully saturated rings. The lowest BCUT2D eigenvalue weighted by Crippen LogP contribution is -2.53. The van der Waals surface area contributed by atoms with Gasteiger partial charge in [-0.05, 0) is 39.7 Å². The second-order valence-corrected chi connectivity index (χ2v) is 6.09. The number of hydrogen-bond acceptors (Lipinski definition) is 3. The Balaban J connectivity index is 2.37. The van der Waals surface area contributed by atoms with Gasteiger partial charge in [0.05, 0.1) is 12.7 Å². The fourth-order valence-electron chi connectivity index (χ4n) is 2.92. The number of morpholine rings is 1. The summed E-state index contributed by atoms with van der Waals surface area (Å²) in [5.74, 6) is 0. The summed E-state index contributed by atoms with van der Waals surface area (Å²) < 4.78 is 6.03. The fourth-order valence-corrected chi connectivity index (χ4v) is 2.92. The third-order valence-corrected chi connectivity index (χ3v) is 4.19. The number of nitrogens with zero attached hydrogens (tertiary/aromatic N) is 1. The van der Waals surface area contributed by atoms with Crippen LogP contribution in [0, 0.1) is 0 Å². The summed E-state index contributed by atoms with van der Waals surface area (Å²) in [5, 5.41) is 3.63. The molecule has 0 aliphatic carbocycles. The van der Waals surface area contributed by atoms with Crippen molar-refractivity contribution in [2.75, 3.05) is 26.2 Å². The lowest BCUT2D eigenvalue weighted by molar-refractivity contribution is -0.0565. The minimum atomic E-state index is 0.352. The lowest BCUT2D eigenvalue weighted by atomic mass is 10.0. The van der Waals surface area contributed by atoms with E-state index in [1.54, 1.807) is 0 Å². The van der Waals surface area contributed by atoms with Gasteiger partial charge in [0.15, 0.2) is 0 Å².